The van der Waals surface area contributed by atoms with Crippen LogP contribution in [-0.2, 0) is 4.79 Å². The molecular formula is C7H9NO2. The van der Waals surface area contributed by atoms with E-state index in [0.29, 0.717) is 12.1 Å². The highest BCUT2D eigenvalue weighted by molar-refractivity contribution is 5.87. The largest absolute Gasteiger partial charge is 0.479 e. The van der Waals surface area contributed by atoms with Crippen molar-refractivity contribution in [3.8, 4) is 0 Å². The van der Waals surface area contributed by atoms with Crippen LogP contribution < -0.4 is 0 Å². The smallest absolute Gasteiger partial charge is 0.320 e. The quantitative estimate of drug-likeness (QED) is 0.467. The van der Waals surface area contributed by atoms with Gasteiger partial charge in [0, 0.05) is 5.57 Å². The molecule has 0 fully saturated rings. The summed E-state index contributed by atoms with van der Waals surface area (Å²) in [6.45, 7) is 9.79. The first kappa shape index (κ1) is 8.70. The maximum Gasteiger partial charge on any atom is 0.320 e. The number of hydrogen-bond acceptors (Lipinski definition) is 1. The van der Waals surface area contributed by atoms with E-state index in [1.165, 1.54) is 6.92 Å². The number of carboxylic acid groups (broad SMARTS) is 1. The van der Waals surface area contributed by atoms with Crippen molar-refractivity contribution in [2.45, 2.75) is 20.3 Å². The summed E-state index contributed by atoms with van der Waals surface area (Å²) >= 11 is 0. The highest BCUT2D eigenvalue weighted by Crippen LogP contribution is 2.09. The number of hydrogen-bond donors (Lipinski definition) is 1. The molecule has 0 amide bonds. The molecule has 0 spiro atoms. The Hall–Kier alpha value is -1.30. The molecule has 0 aromatic carbocycles. The van der Waals surface area contributed by atoms with Gasteiger partial charge in [-0.2, -0.15) is 0 Å². The second-order valence-corrected chi connectivity index (χ2v) is 1.84. The molecule has 0 aromatic rings. The van der Waals surface area contributed by atoms with E-state index in [9.17, 15) is 4.79 Å². The van der Waals surface area contributed by atoms with Crippen molar-refractivity contribution < 1.29 is 9.90 Å². The summed E-state index contributed by atoms with van der Waals surface area (Å²) < 4.78 is 0. The first-order chi connectivity index (χ1) is 4.63. The zero-order valence-corrected chi connectivity index (χ0v) is 6.01. The standard InChI is InChI=1S/C7H9NO2/c1-4-6(8-3)5(2)7(9)10/h4H2,1-2H3,(H,9,10)/b6-5+. The van der Waals surface area contributed by atoms with Gasteiger partial charge in [-0.1, -0.05) is 6.92 Å². The van der Waals surface area contributed by atoms with Gasteiger partial charge in [0.25, 0.3) is 0 Å². The fraction of sp³-hybridized carbons (Fsp3) is 0.429. The molecule has 3 heteroatoms. The van der Waals surface area contributed by atoms with Gasteiger partial charge in [-0.15, -0.1) is 0 Å². The van der Waals surface area contributed by atoms with Crippen LogP contribution >= 0.6 is 0 Å². The van der Waals surface area contributed by atoms with E-state index in [1.54, 1.807) is 6.92 Å². The van der Waals surface area contributed by atoms with E-state index in [1.807, 2.05) is 0 Å². The van der Waals surface area contributed by atoms with Crippen LogP contribution in [0.3, 0.4) is 0 Å². The van der Waals surface area contributed by atoms with Crippen molar-refractivity contribution in [3.05, 3.63) is 22.7 Å². The Bertz CT molecular complexity index is 210. The lowest BCUT2D eigenvalue weighted by atomic mass is 10.2. The summed E-state index contributed by atoms with van der Waals surface area (Å²) in [6, 6.07) is 0. The molecule has 0 radical (unpaired) electrons. The molecule has 0 atom stereocenters. The Balaban J connectivity index is 4.65. The topological polar surface area (TPSA) is 41.7 Å². The van der Waals surface area contributed by atoms with E-state index in [2.05, 4.69) is 4.85 Å². The Morgan fingerprint density at radius 2 is 2.20 bits per heavy atom. The van der Waals surface area contributed by atoms with Gasteiger partial charge in [0.2, 0.25) is 0 Å². The summed E-state index contributed by atoms with van der Waals surface area (Å²) in [5, 5.41) is 8.41. The van der Waals surface area contributed by atoms with Gasteiger partial charge in [-0.3, -0.25) is 0 Å². The van der Waals surface area contributed by atoms with Gasteiger partial charge in [0.1, 0.15) is 0 Å². The lowest BCUT2D eigenvalue weighted by molar-refractivity contribution is -0.132. The molecule has 0 saturated carbocycles. The van der Waals surface area contributed by atoms with Gasteiger partial charge in [-0.25, -0.2) is 9.64 Å². The first-order valence-corrected chi connectivity index (χ1v) is 2.94. The minimum atomic E-state index is -1.01. The predicted octanol–water partition coefficient (Wildman–Crippen LogP) is 1.67. The number of rotatable bonds is 2. The molecule has 0 saturated heterocycles. The van der Waals surface area contributed by atoms with Gasteiger partial charge in [0.05, 0.1) is 6.57 Å². The molecule has 0 aliphatic carbocycles. The highest BCUT2D eigenvalue weighted by Gasteiger charge is 2.05. The second kappa shape index (κ2) is 3.67. The molecule has 0 rings (SSSR count). The number of nitrogens with zero attached hydrogens (tertiary/aromatic N) is 1. The molecule has 1 N–H and O–H groups in total. The third kappa shape index (κ3) is 1.90. The number of carboxylic acids is 1. The maximum absolute atomic E-state index is 10.3. The van der Waals surface area contributed by atoms with Crippen LogP contribution in [0.5, 0.6) is 0 Å². The molecule has 3 nitrogen and oxygen atoms in total. The molecule has 0 aromatic heterocycles. The van der Waals surface area contributed by atoms with Crippen LogP contribution in [0.15, 0.2) is 11.3 Å². The van der Waals surface area contributed by atoms with E-state index >= 15 is 0 Å². The Kier molecular flexibility index (Phi) is 3.20. The van der Waals surface area contributed by atoms with Gasteiger partial charge in [0.15, 0.2) is 5.70 Å². The molecule has 10 heavy (non-hydrogen) atoms. The van der Waals surface area contributed by atoms with Gasteiger partial charge in [-0.05, 0) is 13.3 Å². The van der Waals surface area contributed by atoms with Crippen molar-refractivity contribution in [2.24, 2.45) is 0 Å². The molecule has 0 unspecified atom stereocenters. The molecular weight excluding hydrogens is 130 g/mol. The van der Waals surface area contributed by atoms with Crippen LogP contribution in [0.4, 0.5) is 0 Å². The molecule has 0 aliphatic heterocycles. The third-order valence-electron chi connectivity index (χ3n) is 1.22. The summed E-state index contributed by atoms with van der Waals surface area (Å²) in [4.78, 5) is 13.3. The molecule has 0 aliphatic rings. The fourth-order valence-corrected chi connectivity index (χ4v) is 0.552. The van der Waals surface area contributed by atoms with Crippen molar-refractivity contribution in [1.82, 2.24) is 0 Å². The van der Waals surface area contributed by atoms with Crippen LogP contribution in [0.1, 0.15) is 20.3 Å². The average molecular weight is 139 g/mol. The predicted molar refractivity (Wildman–Crippen MR) is 37.2 cm³/mol. The summed E-state index contributed by atoms with van der Waals surface area (Å²) in [5.74, 6) is -1.01. The van der Waals surface area contributed by atoms with E-state index in [0.717, 1.165) is 0 Å². The van der Waals surface area contributed by atoms with Crippen LogP contribution in [0, 0.1) is 6.57 Å². The normalized spacial score (nSPS) is 11.7. The summed E-state index contributed by atoms with van der Waals surface area (Å²) in [6.07, 6.45) is 0.488. The minimum Gasteiger partial charge on any atom is -0.479 e. The number of allylic oxidation sites excluding steroid dienone is 1. The second-order valence-electron chi connectivity index (χ2n) is 1.84. The summed E-state index contributed by atoms with van der Waals surface area (Å²) in [5.41, 5.74) is 0.477. The zero-order valence-electron chi connectivity index (χ0n) is 6.01. The average Bonchev–Trinajstić information content (AvgIpc) is 1.90. The molecule has 0 bridgehead atoms. The highest BCUT2D eigenvalue weighted by atomic mass is 16.4. The van der Waals surface area contributed by atoms with Crippen LogP contribution in [0.25, 0.3) is 4.85 Å². The Morgan fingerprint density at radius 1 is 1.70 bits per heavy atom. The summed E-state index contributed by atoms with van der Waals surface area (Å²) in [7, 11) is 0. The third-order valence-corrected chi connectivity index (χ3v) is 1.22. The Morgan fingerprint density at radius 3 is 2.30 bits per heavy atom. The molecule has 54 valence electrons. The van der Waals surface area contributed by atoms with Gasteiger partial charge >= 0.3 is 5.97 Å². The van der Waals surface area contributed by atoms with E-state index < -0.39 is 5.97 Å². The van der Waals surface area contributed by atoms with Crippen molar-refractivity contribution in [1.29, 1.82) is 0 Å². The van der Waals surface area contributed by atoms with E-state index in [-0.39, 0.29) is 5.57 Å². The van der Waals surface area contributed by atoms with Crippen LogP contribution in [-0.4, -0.2) is 11.1 Å². The van der Waals surface area contributed by atoms with Crippen LogP contribution in [0.2, 0.25) is 0 Å². The number of aliphatic carboxylic acids is 1. The van der Waals surface area contributed by atoms with Gasteiger partial charge < -0.3 is 5.11 Å². The zero-order chi connectivity index (χ0) is 8.15. The first-order valence-electron chi connectivity index (χ1n) is 2.94. The fourth-order valence-electron chi connectivity index (χ4n) is 0.552. The van der Waals surface area contributed by atoms with Crippen molar-refractivity contribution in [3.63, 3.8) is 0 Å². The van der Waals surface area contributed by atoms with E-state index in [4.69, 9.17) is 11.7 Å². The number of carbonyl (C=O) groups is 1. The Labute approximate surface area is 59.8 Å². The maximum atomic E-state index is 10.3. The van der Waals surface area contributed by atoms with Crippen molar-refractivity contribution >= 4 is 5.97 Å². The SMILES string of the molecule is [C-]#[N+]/C(CC)=C(\C)C(=O)O. The minimum absolute atomic E-state index is 0.150. The lowest BCUT2D eigenvalue weighted by Crippen LogP contribution is -1.98. The van der Waals surface area contributed by atoms with Crippen molar-refractivity contribution in [2.75, 3.05) is 0 Å². The monoisotopic (exact) mass is 139 g/mol. The molecule has 0 heterocycles. The lowest BCUT2D eigenvalue weighted by Gasteiger charge is -1.94.